The average molecular weight is 1140 g/mol. The molecule has 0 spiro atoms. The number of hydrogen-bond donors (Lipinski definition) is 7. The van der Waals surface area contributed by atoms with E-state index in [4.69, 9.17) is 49.4 Å². The number of carbonyl (C=O) groups excluding carboxylic acids is 8. The van der Waals surface area contributed by atoms with E-state index in [1.807, 2.05) is 13.8 Å². The second-order valence-corrected chi connectivity index (χ2v) is 20.6. The second-order valence-electron chi connectivity index (χ2n) is 20.6. The molecule has 0 bridgehead atoms. The Morgan fingerprint density at radius 2 is 1.10 bits per heavy atom. The van der Waals surface area contributed by atoms with Crippen molar-refractivity contribution in [3.05, 3.63) is 29.8 Å². The van der Waals surface area contributed by atoms with Gasteiger partial charge in [-0.25, -0.2) is 9.59 Å². The average Bonchev–Trinajstić information content (AvgIpc) is 3.39. The standard InChI is InChI=1S/C55H97N9O16/c1-13-22-74-24-26-76-28-30-78-32-33-79-31-29-77-27-25-75-23-20-45(66)61-46(36(2)3)51(68)60-42(15-14-21-58-54(57)71)50(67)59-41-18-16-40(17-19-41)35-80-55(72)64(11)49(39(8)9)52(69)62-47(37(4)5)53(70)63(10)48(38(6)7)43(73-12)34-44(56)65/h16-19,36-39,42-43,46-49H,13-15,20-35H2,1-12H3,(H2,56,65)(H,59,67)(H,60,68)(H,61,66)(H,62,69)(H3,57,58,71)/t42-,43+,46-,47-,48-,49-/m0/s1. The lowest BCUT2D eigenvalue weighted by Crippen LogP contribution is -2.60. The second kappa shape index (κ2) is 41.3. The van der Waals surface area contributed by atoms with Crippen molar-refractivity contribution < 1.29 is 76.3 Å². The van der Waals surface area contributed by atoms with E-state index < -0.39 is 89.8 Å². The Bertz CT molecular complexity index is 1980. The van der Waals surface area contributed by atoms with E-state index in [0.717, 1.165) is 13.0 Å². The predicted octanol–water partition coefficient (Wildman–Crippen LogP) is 2.71. The zero-order chi connectivity index (χ0) is 60.2. The fraction of sp³-hybridized carbons (Fsp3) is 0.745. The molecule has 1 aromatic carbocycles. The van der Waals surface area contributed by atoms with Gasteiger partial charge in [0.25, 0.3) is 0 Å². The van der Waals surface area contributed by atoms with Crippen LogP contribution < -0.4 is 38.1 Å². The molecule has 25 nitrogen and oxygen atoms in total. The van der Waals surface area contributed by atoms with Crippen LogP contribution in [-0.2, 0) is 73.3 Å². The number of methoxy groups -OCH3 is 1. The Morgan fingerprint density at radius 1 is 0.588 bits per heavy atom. The van der Waals surface area contributed by atoms with Gasteiger partial charge < -0.3 is 80.8 Å². The zero-order valence-corrected chi connectivity index (χ0v) is 49.6. The van der Waals surface area contributed by atoms with Gasteiger partial charge in [-0.05, 0) is 60.6 Å². The first-order valence-electron chi connectivity index (χ1n) is 27.7. The summed E-state index contributed by atoms with van der Waals surface area (Å²) in [5.74, 6) is -4.38. The highest BCUT2D eigenvalue weighted by molar-refractivity contribution is 5.98. The maximum absolute atomic E-state index is 14.0. The van der Waals surface area contributed by atoms with Crippen LogP contribution in [0.15, 0.2) is 24.3 Å². The molecule has 0 aliphatic rings. The molecule has 1 aromatic rings. The first-order chi connectivity index (χ1) is 38.0. The minimum atomic E-state index is -1.09. The molecular formula is C55H97N9O16. The minimum absolute atomic E-state index is 0.0270. The lowest BCUT2D eigenvalue weighted by Gasteiger charge is -2.39. The van der Waals surface area contributed by atoms with Crippen molar-refractivity contribution in [2.24, 2.45) is 35.1 Å². The first kappa shape index (κ1) is 72.3. The molecule has 0 saturated carbocycles. The summed E-state index contributed by atoms with van der Waals surface area (Å²) in [4.78, 5) is 108. The monoisotopic (exact) mass is 1140 g/mol. The van der Waals surface area contributed by atoms with Gasteiger partial charge in [0.15, 0.2) is 0 Å². The summed E-state index contributed by atoms with van der Waals surface area (Å²) in [7, 11) is 4.47. The van der Waals surface area contributed by atoms with Crippen LogP contribution in [0.5, 0.6) is 0 Å². The number of ether oxygens (including phenoxy) is 8. The Morgan fingerprint density at radius 3 is 1.55 bits per heavy atom. The third-order valence-electron chi connectivity index (χ3n) is 12.5. The molecule has 0 aromatic heterocycles. The molecule has 80 heavy (non-hydrogen) atoms. The van der Waals surface area contributed by atoms with Gasteiger partial charge in [0.2, 0.25) is 35.4 Å². The van der Waals surface area contributed by atoms with Crippen molar-refractivity contribution in [1.29, 1.82) is 0 Å². The van der Waals surface area contributed by atoms with E-state index >= 15 is 0 Å². The molecule has 1 rings (SSSR count). The molecule has 0 heterocycles. The smallest absolute Gasteiger partial charge is 0.410 e. The van der Waals surface area contributed by atoms with Crippen molar-refractivity contribution in [2.75, 3.05) is 112 Å². The molecule has 25 heteroatoms. The van der Waals surface area contributed by atoms with Gasteiger partial charge in [-0.1, -0.05) is 74.4 Å². The Kier molecular flexibility index (Phi) is 37.3. The Labute approximate surface area is 473 Å². The number of rotatable bonds is 44. The highest BCUT2D eigenvalue weighted by atomic mass is 16.6. The molecule has 0 unspecified atom stereocenters. The summed E-state index contributed by atoms with van der Waals surface area (Å²) in [6.07, 6.45) is -0.258. The van der Waals surface area contributed by atoms with Gasteiger partial charge in [0, 0.05) is 46.5 Å². The van der Waals surface area contributed by atoms with Crippen molar-refractivity contribution in [3.63, 3.8) is 0 Å². The van der Waals surface area contributed by atoms with E-state index in [2.05, 4.69) is 33.5 Å². The lowest BCUT2D eigenvalue weighted by molar-refractivity contribution is -0.144. The summed E-state index contributed by atoms with van der Waals surface area (Å²) in [5.41, 5.74) is 11.6. The van der Waals surface area contributed by atoms with Crippen LogP contribution in [0.3, 0.4) is 0 Å². The van der Waals surface area contributed by atoms with Crippen molar-refractivity contribution in [1.82, 2.24) is 31.1 Å². The molecule has 0 aliphatic carbocycles. The number of nitrogens with two attached hydrogens (primary N) is 2. The van der Waals surface area contributed by atoms with Gasteiger partial charge in [-0.15, -0.1) is 0 Å². The predicted molar refractivity (Wildman–Crippen MR) is 300 cm³/mol. The number of nitrogens with zero attached hydrogens (tertiary/aromatic N) is 2. The Balaban J connectivity index is 2.81. The van der Waals surface area contributed by atoms with Crippen LogP contribution >= 0.6 is 0 Å². The number of urea groups is 1. The molecule has 9 amide bonds. The van der Waals surface area contributed by atoms with Gasteiger partial charge in [-0.3, -0.25) is 33.7 Å². The van der Waals surface area contributed by atoms with E-state index in [1.165, 1.54) is 24.0 Å². The number of benzene rings is 1. The van der Waals surface area contributed by atoms with E-state index in [1.54, 1.807) is 72.9 Å². The molecule has 0 fully saturated rings. The molecule has 0 saturated heterocycles. The number of primary amides is 2. The topological polar surface area (TPSA) is 329 Å². The van der Waals surface area contributed by atoms with Crippen LogP contribution in [0, 0.1) is 23.7 Å². The number of anilines is 1. The SMILES string of the molecule is CCCOCCOCCOCCOCCOCCOCCC(=O)N[C@H](C(=O)N[C@@H](CCCNC(N)=O)C(=O)Nc1ccc(COC(=O)N(C)[C@H](C(=O)N[C@H](C(=O)N(C)[C@@H](C(C)C)[C@@H](CC(N)=O)OC)C(C)C)C(C)C)cc1)C(C)C. The maximum Gasteiger partial charge on any atom is 0.410 e. The largest absolute Gasteiger partial charge is 0.445 e. The summed E-state index contributed by atoms with van der Waals surface area (Å²) >= 11 is 0. The number of amides is 9. The molecular weight excluding hydrogens is 1040 g/mol. The minimum Gasteiger partial charge on any atom is -0.445 e. The first-order valence-corrected chi connectivity index (χ1v) is 27.7. The van der Waals surface area contributed by atoms with Gasteiger partial charge in [0.05, 0.1) is 91.2 Å². The van der Waals surface area contributed by atoms with Gasteiger partial charge in [-0.2, -0.15) is 0 Å². The van der Waals surface area contributed by atoms with Gasteiger partial charge in [0.1, 0.15) is 30.8 Å². The number of nitrogens with one attached hydrogen (secondary N) is 5. The zero-order valence-electron chi connectivity index (χ0n) is 49.6. The third-order valence-corrected chi connectivity index (χ3v) is 12.5. The third kappa shape index (κ3) is 29.7. The highest BCUT2D eigenvalue weighted by Gasteiger charge is 2.39. The molecule has 9 N–H and O–H groups in total. The fourth-order valence-electron chi connectivity index (χ4n) is 8.33. The Hall–Kier alpha value is -5.70. The van der Waals surface area contributed by atoms with E-state index in [-0.39, 0.29) is 69.8 Å². The van der Waals surface area contributed by atoms with Crippen molar-refractivity contribution in [2.45, 2.75) is 137 Å². The van der Waals surface area contributed by atoms with Crippen LogP contribution in [0.4, 0.5) is 15.3 Å². The maximum atomic E-state index is 14.0. The molecule has 6 atom stereocenters. The molecule has 0 aliphatic heterocycles. The summed E-state index contributed by atoms with van der Waals surface area (Å²) in [6, 6.07) is 1.04. The fourth-order valence-corrected chi connectivity index (χ4v) is 8.33. The van der Waals surface area contributed by atoms with Gasteiger partial charge >= 0.3 is 12.1 Å². The lowest BCUT2D eigenvalue weighted by atomic mass is 9.92. The van der Waals surface area contributed by atoms with E-state index in [0.29, 0.717) is 70.7 Å². The van der Waals surface area contributed by atoms with Crippen LogP contribution in [0.1, 0.15) is 100.0 Å². The number of hydrogen-bond acceptors (Lipinski definition) is 16. The normalized spacial score (nSPS) is 13.7. The molecule has 0 radical (unpaired) electrons. The summed E-state index contributed by atoms with van der Waals surface area (Å²) in [6.45, 7) is 21.4. The number of carbonyl (C=O) groups is 8. The van der Waals surface area contributed by atoms with Crippen LogP contribution in [0.2, 0.25) is 0 Å². The van der Waals surface area contributed by atoms with Crippen molar-refractivity contribution in [3.8, 4) is 0 Å². The summed E-state index contributed by atoms with van der Waals surface area (Å²) in [5, 5.41) is 13.6. The number of likely N-dealkylation sites (N-methyl/N-ethyl adjacent to an activating group) is 2. The van der Waals surface area contributed by atoms with Crippen molar-refractivity contribution >= 4 is 53.3 Å². The summed E-state index contributed by atoms with van der Waals surface area (Å²) < 4.78 is 44.0. The van der Waals surface area contributed by atoms with E-state index in [9.17, 15) is 38.4 Å². The molecule has 458 valence electrons. The highest BCUT2D eigenvalue weighted by Crippen LogP contribution is 2.22. The van der Waals surface area contributed by atoms with Crippen LogP contribution in [-0.4, -0.2) is 201 Å². The van der Waals surface area contributed by atoms with Crippen LogP contribution in [0.25, 0.3) is 0 Å². The quantitative estimate of drug-likeness (QED) is 0.0462.